The molecule has 0 fully saturated rings. The highest BCUT2D eigenvalue weighted by atomic mass is 79.9. The number of unbranched alkanes of at least 4 members (excludes halogenated alkanes) is 1. The average molecular weight is 329 g/mol. The molecule has 0 aromatic heterocycles. The lowest BCUT2D eigenvalue weighted by Crippen LogP contribution is -2.13. The number of benzene rings is 1. The van der Waals surface area contributed by atoms with Crippen molar-refractivity contribution < 1.29 is 9.53 Å². The van der Waals surface area contributed by atoms with E-state index in [2.05, 4.69) is 15.9 Å². The maximum atomic E-state index is 10.7. The van der Waals surface area contributed by atoms with Gasteiger partial charge in [-0.1, -0.05) is 22.4 Å². The summed E-state index contributed by atoms with van der Waals surface area (Å²) in [5, 5.41) is 0. The molecule has 1 aromatic rings. The van der Waals surface area contributed by atoms with E-state index in [1.807, 2.05) is 25.1 Å². The molecule has 1 unspecified atom stereocenters. The first-order valence-electron chi connectivity index (χ1n) is 6.50. The Morgan fingerprint density at radius 3 is 2.79 bits per heavy atom. The van der Waals surface area contributed by atoms with Gasteiger partial charge in [0.15, 0.2) is 0 Å². The highest BCUT2D eigenvalue weighted by Crippen LogP contribution is 2.30. The number of ether oxygens (including phenoxy) is 1. The average Bonchev–Trinajstić information content (AvgIpc) is 2.36. The van der Waals surface area contributed by atoms with Gasteiger partial charge in [0.1, 0.15) is 5.75 Å². The molecule has 1 atom stereocenters. The standard InChI is InChI=1S/C14H21BrN2O2/c1-2-19-13-8-7-10(15)9-11(13)12(16)5-3-4-6-14(17)18/h7-9,12H,2-6,16H2,1H3,(H2,17,18). The number of halogens is 1. The number of primary amides is 1. The lowest BCUT2D eigenvalue weighted by atomic mass is 10.0. The first kappa shape index (κ1) is 16.0. The fraction of sp³-hybridized carbons (Fsp3) is 0.500. The number of amides is 1. The molecule has 0 saturated carbocycles. The van der Waals surface area contributed by atoms with Crippen molar-refractivity contribution in [1.29, 1.82) is 0 Å². The topological polar surface area (TPSA) is 78.3 Å². The molecule has 106 valence electrons. The molecular formula is C14H21BrN2O2. The molecule has 4 N–H and O–H groups in total. The monoisotopic (exact) mass is 328 g/mol. The molecule has 0 aliphatic rings. The van der Waals surface area contributed by atoms with Crippen LogP contribution in [-0.4, -0.2) is 12.5 Å². The Hall–Kier alpha value is -1.07. The summed E-state index contributed by atoms with van der Waals surface area (Å²) in [5.41, 5.74) is 12.3. The molecule has 0 saturated heterocycles. The van der Waals surface area contributed by atoms with Crippen LogP contribution in [0.15, 0.2) is 22.7 Å². The molecule has 1 aromatic carbocycles. The Kier molecular flexibility index (Phi) is 6.87. The highest BCUT2D eigenvalue weighted by molar-refractivity contribution is 9.10. The molecule has 5 heteroatoms. The summed E-state index contributed by atoms with van der Waals surface area (Å²) < 4.78 is 6.57. The summed E-state index contributed by atoms with van der Waals surface area (Å²) in [6.07, 6.45) is 2.89. The van der Waals surface area contributed by atoms with Crippen LogP contribution in [0.25, 0.3) is 0 Å². The molecule has 0 heterocycles. The fourth-order valence-corrected chi connectivity index (χ4v) is 2.29. The first-order valence-corrected chi connectivity index (χ1v) is 7.30. The van der Waals surface area contributed by atoms with Crippen LogP contribution in [0.4, 0.5) is 0 Å². The van der Waals surface area contributed by atoms with Gasteiger partial charge in [0.2, 0.25) is 5.91 Å². The van der Waals surface area contributed by atoms with Gasteiger partial charge in [-0.15, -0.1) is 0 Å². The van der Waals surface area contributed by atoms with E-state index in [4.69, 9.17) is 16.2 Å². The Balaban J connectivity index is 2.61. The SMILES string of the molecule is CCOc1ccc(Br)cc1C(N)CCCCC(N)=O. The number of carbonyl (C=O) groups excluding carboxylic acids is 1. The van der Waals surface area contributed by atoms with Crippen LogP contribution in [0, 0.1) is 0 Å². The summed E-state index contributed by atoms with van der Waals surface area (Å²) in [5.74, 6) is 0.569. The summed E-state index contributed by atoms with van der Waals surface area (Å²) >= 11 is 3.44. The molecule has 0 bridgehead atoms. The van der Waals surface area contributed by atoms with E-state index in [1.165, 1.54) is 0 Å². The number of rotatable bonds is 8. The molecule has 1 amide bonds. The van der Waals surface area contributed by atoms with E-state index < -0.39 is 0 Å². The second-order valence-corrected chi connectivity index (χ2v) is 5.35. The van der Waals surface area contributed by atoms with E-state index in [-0.39, 0.29) is 11.9 Å². The van der Waals surface area contributed by atoms with E-state index in [0.717, 1.165) is 35.0 Å². The van der Waals surface area contributed by atoms with Gasteiger partial charge >= 0.3 is 0 Å². The van der Waals surface area contributed by atoms with Gasteiger partial charge in [-0.25, -0.2) is 0 Å². The second-order valence-electron chi connectivity index (χ2n) is 4.43. The lowest BCUT2D eigenvalue weighted by Gasteiger charge is -2.17. The fourth-order valence-electron chi connectivity index (χ4n) is 1.92. The van der Waals surface area contributed by atoms with Crippen molar-refractivity contribution in [2.24, 2.45) is 11.5 Å². The molecular weight excluding hydrogens is 308 g/mol. The maximum absolute atomic E-state index is 10.7. The minimum Gasteiger partial charge on any atom is -0.494 e. The zero-order valence-electron chi connectivity index (χ0n) is 11.2. The third kappa shape index (κ3) is 5.61. The number of hydrogen-bond acceptors (Lipinski definition) is 3. The van der Waals surface area contributed by atoms with E-state index >= 15 is 0 Å². The molecule has 0 spiro atoms. The molecule has 4 nitrogen and oxygen atoms in total. The third-order valence-electron chi connectivity index (χ3n) is 2.86. The Morgan fingerprint density at radius 1 is 1.42 bits per heavy atom. The maximum Gasteiger partial charge on any atom is 0.217 e. The van der Waals surface area contributed by atoms with Gasteiger partial charge in [0.05, 0.1) is 6.61 Å². The van der Waals surface area contributed by atoms with Crippen LogP contribution in [0.3, 0.4) is 0 Å². The van der Waals surface area contributed by atoms with Crippen molar-refractivity contribution in [3.63, 3.8) is 0 Å². The number of hydrogen-bond donors (Lipinski definition) is 2. The van der Waals surface area contributed by atoms with E-state index in [1.54, 1.807) is 0 Å². The van der Waals surface area contributed by atoms with Crippen LogP contribution < -0.4 is 16.2 Å². The highest BCUT2D eigenvalue weighted by Gasteiger charge is 2.12. The quantitative estimate of drug-likeness (QED) is 0.720. The zero-order chi connectivity index (χ0) is 14.3. The van der Waals surface area contributed by atoms with Crippen molar-refractivity contribution in [2.45, 2.75) is 38.6 Å². The van der Waals surface area contributed by atoms with Crippen LogP contribution in [0.5, 0.6) is 5.75 Å². The number of carbonyl (C=O) groups is 1. The molecule has 0 aliphatic heterocycles. The third-order valence-corrected chi connectivity index (χ3v) is 3.35. The van der Waals surface area contributed by atoms with Crippen LogP contribution >= 0.6 is 15.9 Å². The van der Waals surface area contributed by atoms with Gasteiger partial charge in [-0.2, -0.15) is 0 Å². The smallest absolute Gasteiger partial charge is 0.217 e. The van der Waals surface area contributed by atoms with Crippen molar-refractivity contribution in [3.8, 4) is 5.75 Å². The molecule has 0 aliphatic carbocycles. The Morgan fingerprint density at radius 2 is 2.16 bits per heavy atom. The van der Waals surface area contributed by atoms with E-state index in [0.29, 0.717) is 13.0 Å². The summed E-state index contributed by atoms with van der Waals surface area (Å²) in [6, 6.07) is 5.76. The summed E-state index contributed by atoms with van der Waals surface area (Å²) in [7, 11) is 0. The zero-order valence-corrected chi connectivity index (χ0v) is 12.8. The van der Waals surface area contributed by atoms with Crippen LogP contribution in [0.1, 0.15) is 44.2 Å². The van der Waals surface area contributed by atoms with Gasteiger partial charge in [-0.05, 0) is 38.0 Å². The van der Waals surface area contributed by atoms with Gasteiger partial charge in [0.25, 0.3) is 0 Å². The first-order chi connectivity index (χ1) is 9.04. The summed E-state index contributed by atoms with van der Waals surface area (Å²) in [6.45, 7) is 2.56. The van der Waals surface area contributed by atoms with Crippen molar-refractivity contribution in [2.75, 3.05) is 6.61 Å². The Labute approximate surface area is 122 Å². The van der Waals surface area contributed by atoms with Crippen LogP contribution in [0.2, 0.25) is 0 Å². The Bertz CT molecular complexity index is 424. The van der Waals surface area contributed by atoms with Crippen LogP contribution in [-0.2, 0) is 4.79 Å². The van der Waals surface area contributed by atoms with Gasteiger partial charge < -0.3 is 16.2 Å². The molecule has 1 rings (SSSR count). The normalized spacial score (nSPS) is 12.2. The van der Waals surface area contributed by atoms with Crippen molar-refractivity contribution in [3.05, 3.63) is 28.2 Å². The lowest BCUT2D eigenvalue weighted by molar-refractivity contribution is -0.118. The second kappa shape index (κ2) is 8.17. The van der Waals surface area contributed by atoms with Crippen molar-refractivity contribution in [1.82, 2.24) is 0 Å². The minimum absolute atomic E-state index is 0.0908. The largest absolute Gasteiger partial charge is 0.494 e. The van der Waals surface area contributed by atoms with Crippen molar-refractivity contribution >= 4 is 21.8 Å². The number of nitrogens with two attached hydrogens (primary N) is 2. The summed E-state index contributed by atoms with van der Waals surface area (Å²) in [4.78, 5) is 10.7. The predicted octanol–water partition coefficient (Wildman–Crippen LogP) is 2.89. The predicted molar refractivity (Wildman–Crippen MR) is 79.9 cm³/mol. The minimum atomic E-state index is -0.258. The van der Waals surface area contributed by atoms with Gasteiger partial charge in [0, 0.05) is 22.5 Å². The molecule has 0 radical (unpaired) electrons. The molecule has 19 heavy (non-hydrogen) atoms. The van der Waals surface area contributed by atoms with Gasteiger partial charge in [-0.3, -0.25) is 4.79 Å². The van der Waals surface area contributed by atoms with E-state index in [9.17, 15) is 4.79 Å².